The zero-order valence-corrected chi connectivity index (χ0v) is 10.1. The van der Waals surface area contributed by atoms with E-state index in [1.807, 2.05) is 24.8 Å². The lowest BCUT2D eigenvalue weighted by Crippen LogP contribution is -2.27. The summed E-state index contributed by atoms with van der Waals surface area (Å²) in [5, 5.41) is 4.18. The van der Waals surface area contributed by atoms with Gasteiger partial charge in [-0.05, 0) is 18.6 Å². The molecule has 0 radical (unpaired) electrons. The number of pyridine rings is 1. The van der Waals surface area contributed by atoms with E-state index in [1.54, 1.807) is 12.3 Å². The van der Waals surface area contributed by atoms with E-state index in [2.05, 4.69) is 15.0 Å². The number of amidine groups is 1. The minimum absolute atomic E-state index is 0.485. The van der Waals surface area contributed by atoms with Crippen LogP contribution in [-0.2, 0) is 6.54 Å². The fraction of sp³-hybridized carbons (Fsp3) is 0.364. The molecular formula is C11H13ClN4. The second-order valence-electron chi connectivity index (χ2n) is 3.25. The van der Waals surface area contributed by atoms with Crippen LogP contribution in [0.5, 0.6) is 0 Å². The van der Waals surface area contributed by atoms with Crippen LogP contribution in [0.15, 0.2) is 23.4 Å². The van der Waals surface area contributed by atoms with Crippen molar-refractivity contribution >= 4 is 17.4 Å². The molecule has 0 amide bonds. The van der Waals surface area contributed by atoms with E-state index in [4.69, 9.17) is 18.2 Å². The molecule has 4 nitrogen and oxygen atoms in total. The van der Waals surface area contributed by atoms with Crippen molar-refractivity contribution in [2.45, 2.75) is 20.4 Å². The fourth-order valence-electron chi connectivity index (χ4n) is 1.31. The largest absolute Gasteiger partial charge is 0.350 e. The molecule has 1 heterocycles. The highest BCUT2D eigenvalue weighted by atomic mass is 35.5. The molecule has 0 spiro atoms. The predicted octanol–water partition coefficient (Wildman–Crippen LogP) is 2.81. The summed E-state index contributed by atoms with van der Waals surface area (Å²) < 4.78 is 0. The third kappa shape index (κ3) is 3.52. The second-order valence-corrected chi connectivity index (χ2v) is 3.64. The van der Waals surface area contributed by atoms with Crippen LogP contribution >= 0.6 is 11.6 Å². The van der Waals surface area contributed by atoms with Crippen LogP contribution in [-0.4, -0.2) is 22.3 Å². The van der Waals surface area contributed by atoms with E-state index in [-0.39, 0.29) is 0 Å². The maximum atomic E-state index is 6.69. The molecule has 1 aromatic rings. The summed E-state index contributed by atoms with van der Waals surface area (Å²) in [5.41, 5.74) is 1.05. The van der Waals surface area contributed by atoms with E-state index < -0.39 is 0 Å². The van der Waals surface area contributed by atoms with Crippen molar-refractivity contribution in [2.24, 2.45) is 5.10 Å². The van der Waals surface area contributed by atoms with Crippen molar-refractivity contribution in [3.05, 3.63) is 40.6 Å². The van der Waals surface area contributed by atoms with Crippen molar-refractivity contribution in [1.82, 2.24) is 9.88 Å². The molecule has 0 atom stereocenters. The Labute approximate surface area is 100 Å². The Morgan fingerprint density at radius 1 is 1.62 bits per heavy atom. The number of hydrogen-bond acceptors (Lipinski definition) is 2. The van der Waals surface area contributed by atoms with Crippen LogP contribution in [0.25, 0.3) is 4.95 Å². The van der Waals surface area contributed by atoms with E-state index in [0.717, 1.165) is 12.1 Å². The normalized spacial score (nSPS) is 11.0. The van der Waals surface area contributed by atoms with Crippen LogP contribution < -0.4 is 0 Å². The highest BCUT2D eigenvalue weighted by Crippen LogP contribution is 2.08. The summed E-state index contributed by atoms with van der Waals surface area (Å²) in [6.45, 7) is 12.0. The van der Waals surface area contributed by atoms with Gasteiger partial charge in [0.05, 0.1) is 0 Å². The van der Waals surface area contributed by atoms with Gasteiger partial charge in [0.25, 0.3) is 0 Å². The van der Waals surface area contributed by atoms with Gasteiger partial charge in [-0.2, -0.15) is 6.57 Å². The summed E-state index contributed by atoms with van der Waals surface area (Å²) in [6.07, 6.45) is 1.73. The fourth-order valence-corrected chi connectivity index (χ4v) is 1.42. The second kappa shape index (κ2) is 6.09. The van der Waals surface area contributed by atoms with Gasteiger partial charge in [0, 0.05) is 26.2 Å². The maximum absolute atomic E-state index is 6.69. The Kier molecular flexibility index (Phi) is 4.74. The number of hydrogen-bond donors (Lipinski definition) is 0. The van der Waals surface area contributed by atoms with Gasteiger partial charge in [-0.15, -0.1) is 4.95 Å². The lowest BCUT2D eigenvalue weighted by atomic mass is 10.2. The SMILES string of the molecule is [C-]#[N+]N=C(C)N(CC)Cc1ccc(Cl)nc1. The van der Waals surface area contributed by atoms with Gasteiger partial charge in [0.15, 0.2) is 5.84 Å². The molecule has 5 heteroatoms. The maximum Gasteiger partial charge on any atom is 0.185 e. The zero-order chi connectivity index (χ0) is 12.0. The topological polar surface area (TPSA) is 32.9 Å². The van der Waals surface area contributed by atoms with Crippen molar-refractivity contribution in [2.75, 3.05) is 6.54 Å². The van der Waals surface area contributed by atoms with Crippen molar-refractivity contribution in [3.8, 4) is 0 Å². The van der Waals surface area contributed by atoms with Gasteiger partial charge in [-0.25, -0.2) is 4.98 Å². The summed E-state index contributed by atoms with van der Waals surface area (Å²) in [4.78, 5) is 9.03. The predicted molar refractivity (Wildman–Crippen MR) is 65.0 cm³/mol. The van der Waals surface area contributed by atoms with Gasteiger partial charge in [-0.3, -0.25) is 0 Å². The Morgan fingerprint density at radius 3 is 2.88 bits per heavy atom. The molecule has 0 aliphatic rings. The first-order valence-electron chi connectivity index (χ1n) is 4.93. The molecule has 0 aromatic carbocycles. The van der Waals surface area contributed by atoms with E-state index in [9.17, 15) is 0 Å². The minimum atomic E-state index is 0.485. The van der Waals surface area contributed by atoms with Gasteiger partial charge >= 0.3 is 0 Å². The first-order chi connectivity index (χ1) is 7.67. The monoisotopic (exact) mass is 236 g/mol. The number of halogens is 1. The van der Waals surface area contributed by atoms with Gasteiger partial charge < -0.3 is 4.90 Å². The van der Waals surface area contributed by atoms with Crippen LogP contribution in [0, 0.1) is 6.57 Å². The van der Waals surface area contributed by atoms with Crippen LogP contribution in [0.4, 0.5) is 0 Å². The third-order valence-electron chi connectivity index (χ3n) is 2.20. The van der Waals surface area contributed by atoms with Gasteiger partial charge in [0.2, 0.25) is 0 Å². The molecule has 0 fully saturated rings. The van der Waals surface area contributed by atoms with Crippen molar-refractivity contribution in [3.63, 3.8) is 0 Å². The Hall–Kier alpha value is -1.60. The first-order valence-corrected chi connectivity index (χ1v) is 5.31. The highest BCUT2D eigenvalue weighted by molar-refractivity contribution is 6.29. The van der Waals surface area contributed by atoms with Crippen LogP contribution in [0.1, 0.15) is 19.4 Å². The molecule has 84 valence electrons. The smallest absolute Gasteiger partial charge is 0.185 e. The first kappa shape index (κ1) is 12.5. The van der Waals surface area contributed by atoms with Crippen LogP contribution in [0.2, 0.25) is 5.15 Å². The van der Waals surface area contributed by atoms with E-state index in [0.29, 0.717) is 17.5 Å². The molecule has 0 saturated heterocycles. The van der Waals surface area contributed by atoms with E-state index in [1.165, 1.54) is 0 Å². The molecule has 1 aromatic heterocycles. The molecule has 0 aliphatic carbocycles. The Bertz CT molecular complexity index is 405. The molecule has 0 N–H and O–H groups in total. The summed E-state index contributed by atoms with van der Waals surface area (Å²) in [7, 11) is 0. The minimum Gasteiger partial charge on any atom is -0.350 e. The van der Waals surface area contributed by atoms with Gasteiger partial charge in [-0.1, -0.05) is 17.7 Å². The summed E-state index contributed by atoms with van der Waals surface area (Å²) >= 11 is 5.71. The molecule has 0 unspecified atom stereocenters. The lowest BCUT2D eigenvalue weighted by Gasteiger charge is -2.19. The zero-order valence-electron chi connectivity index (χ0n) is 9.31. The van der Waals surface area contributed by atoms with Gasteiger partial charge in [0.1, 0.15) is 10.3 Å². The molecule has 0 saturated carbocycles. The highest BCUT2D eigenvalue weighted by Gasteiger charge is 2.07. The average Bonchev–Trinajstić information content (AvgIpc) is 2.28. The molecular weight excluding hydrogens is 224 g/mol. The number of rotatable bonds is 3. The molecule has 16 heavy (non-hydrogen) atoms. The number of nitrogens with zero attached hydrogens (tertiary/aromatic N) is 4. The quantitative estimate of drug-likeness (QED) is 0.266. The molecule has 0 bridgehead atoms. The van der Waals surface area contributed by atoms with Crippen molar-refractivity contribution in [1.29, 1.82) is 0 Å². The molecule has 1 rings (SSSR count). The van der Waals surface area contributed by atoms with Crippen molar-refractivity contribution < 1.29 is 0 Å². The summed E-state index contributed by atoms with van der Waals surface area (Å²) in [6, 6.07) is 3.68. The third-order valence-corrected chi connectivity index (χ3v) is 2.42. The Balaban J connectivity index is 2.75. The van der Waals surface area contributed by atoms with Crippen LogP contribution in [0.3, 0.4) is 0 Å². The average molecular weight is 237 g/mol. The lowest BCUT2D eigenvalue weighted by molar-refractivity contribution is 0.432. The number of aromatic nitrogens is 1. The Morgan fingerprint density at radius 2 is 2.38 bits per heavy atom. The molecule has 0 aliphatic heterocycles. The summed E-state index contributed by atoms with van der Waals surface area (Å²) in [5.74, 6) is 0.715. The van der Waals surface area contributed by atoms with E-state index >= 15 is 0 Å². The standard InChI is InChI=1S/C11H13ClN4/c1-4-16(9(2)15-13-3)8-10-5-6-11(12)14-7-10/h5-7H,4,8H2,1-2H3.